The molecule has 2 aliphatic rings. The number of benzene rings is 1. The summed E-state index contributed by atoms with van der Waals surface area (Å²) in [5, 5.41) is 3.02. The fourth-order valence-electron chi connectivity index (χ4n) is 3.73. The van der Waals surface area contributed by atoms with E-state index in [0.29, 0.717) is 0 Å². The van der Waals surface area contributed by atoms with Gasteiger partial charge in [0.15, 0.2) is 0 Å². The number of carbonyl (C=O) groups is 1. The molecule has 1 fully saturated rings. The molecular formula is C20H24N4O. The lowest BCUT2D eigenvalue weighted by Gasteiger charge is -2.28. The molecule has 1 aromatic heterocycles. The van der Waals surface area contributed by atoms with Gasteiger partial charge in [-0.1, -0.05) is 18.2 Å². The van der Waals surface area contributed by atoms with Crippen LogP contribution in [0.25, 0.3) is 0 Å². The van der Waals surface area contributed by atoms with Crippen LogP contribution >= 0.6 is 0 Å². The summed E-state index contributed by atoms with van der Waals surface area (Å²) in [5.41, 5.74) is 3.11. The summed E-state index contributed by atoms with van der Waals surface area (Å²) in [5.74, 6) is 0.958. The number of hydrogen-bond donors (Lipinski definition) is 1. The van der Waals surface area contributed by atoms with Gasteiger partial charge < -0.3 is 10.2 Å². The molecule has 5 nitrogen and oxygen atoms in total. The van der Waals surface area contributed by atoms with E-state index in [2.05, 4.69) is 15.2 Å². The van der Waals surface area contributed by atoms with Gasteiger partial charge in [-0.3, -0.25) is 4.79 Å². The summed E-state index contributed by atoms with van der Waals surface area (Å²) in [6.45, 7) is 2.11. The lowest BCUT2D eigenvalue weighted by atomic mass is 9.86. The Morgan fingerprint density at radius 2 is 1.92 bits per heavy atom. The van der Waals surface area contributed by atoms with Crippen LogP contribution < -0.4 is 10.2 Å². The molecule has 1 saturated heterocycles. The number of rotatable bonds is 3. The van der Waals surface area contributed by atoms with Gasteiger partial charge in [0.2, 0.25) is 11.9 Å². The second-order valence-corrected chi connectivity index (χ2v) is 6.98. The minimum Gasteiger partial charge on any atom is -0.341 e. The molecule has 1 aliphatic heterocycles. The van der Waals surface area contributed by atoms with Crippen LogP contribution in [0.2, 0.25) is 0 Å². The zero-order valence-electron chi connectivity index (χ0n) is 14.4. The number of fused-ring (bicyclic) bond motifs is 1. The largest absolute Gasteiger partial charge is 0.341 e. The third-order valence-electron chi connectivity index (χ3n) is 5.19. The maximum atomic E-state index is 12.5. The van der Waals surface area contributed by atoms with Crippen LogP contribution in [0.5, 0.6) is 0 Å². The molecule has 5 heteroatoms. The quantitative estimate of drug-likeness (QED) is 0.935. The van der Waals surface area contributed by atoms with Crippen molar-refractivity contribution in [1.82, 2.24) is 9.97 Å². The number of anilines is 2. The van der Waals surface area contributed by atoms with E-state index in [1.807, 2.05) is 36.5 Å². The van der Waals surface area contributed by atoms with E-state index < -0.39 is 0 Å². The third kappa shape index (κ3) is 3.65. The van der Waals surface area contributed by atoms with Gasteiger partial charge in [-0.25, -0.2) is 9.97 Å². The van der Waals surface area contributed by atoms with Crippen LogP contribution in [0, 0.1) is 5.92 Å². The molecule has 130 valence electrons. The summed E-state index contributed by atoms with van der Waals surface area (Å²) in [6.07, 6.45) is 8.13. The van der Waals surface area contributed by atoms with Crippen LogP contribution in [0.1, 0.15) is 36.9 Å². The topological polar surface area (TPSA) is 58.1 Å². The zero-order valence-corrected chi connectivity index (χ0v) is 14.4. The highest BCUT2D eigenvalue weighted by Crippen LogP contribution is 2.27. The summed E-state index contributed by atoms with van der Waals surface area (Å²) >= 11 is 0. The lowest BCUT2D eigenvalue weighted by Crippen LogP contribution is -2.32. The first kappa shape index (κ1) is 16.1. The first-order valence-electron chi connectivity index (χ1n) is 9.25. The number of nitrogens with one attached hydrogen (secondary N) is 1. The van der Waals surface area contributed by atoms with Crippen molar-refractivity contribution in [2.75, 3.05) is 23.3 Å². The monoisotopic (exact) mass is 336 g/mol. The molecule has 1 N–H and O–H groups in total. The Kier molecular flexibility index (Phi) is 4.63. The summed E-state index contributed by atoms with van der Waals surface area (Å²) in [7, 11) is 0. The molecular weight excluding hydrogens is 312 g/mol. The van der Waals surface area contributed by atoms with Crippen molar-refractivity contribution >= 4 is 17.5 Å². The Morgan fingerprint density at radius 1 is 1.12 bits per heavy atom. The SMILES string of the molecule is O=C(Nc1ccccc1)[C@@H]1CCc2nc(N3CCCCC3)ncc2C1. The third-order valence-corrected chi connectivity index (χ3v) is 5.19. The second kappa shape index (κ2) is 7.21. The normalized spacial score (nSPS) is 20.0. The van der Waals surface area contributed by atoms with Crippen LogP contribution in [0.4, 0.5) is 11.6 Å². The molecule has 1 aliphatic carbocycles. The molecule has 0 saturated carbocycles. The predicted octanol–water partition coefficient (Wildman–Crippen LogP) is 3.21. The molecule has 4 rings (SSSR count). The van der Waals surface area contributed by atoms with E-state index in [4.69, 9.17) is 4.98 Å². The Bertz CT molecular complexity index is 741. The fraction of sp³-hybridized carbons (Fsp3) is 0.450. The average Bonchev–Trinajstić information content (AvgIpc) is 2.68. The van der Waals surface area contributed by atoms with Gasteiger partial charge in [-0.15, -0.1) is 0 Å². The minimum absolute atomic E-state index is 0.00265. The molecule has 2 heterocycles. The smallest absolute Gasteiger partial charge is 0.227 e. The highest BCUT2D eigenvalue weighted by molar-refractivity contribution is 5.92. The van der Waals surface area contributed by atoms with Crippen LogP contribution in [-0.4, -0.2) is 29.0 Å². The van der Waals surface area contributed by atoms with Gasteiger partial charge >= 0.3 is 0 Å². The number of hydrogen-bond acceptors (Lipinski definition) is 4. The predicted molar refractivity (Wildman–Crippen MR) is 98.7 cm³/mol. The number of nitrogens with zero attached hydrogens (tertiary/aromatic N) is 3. The van der Waals surface area contributed by atoms with Gasteiger partial charge in [0.25, 0.3) is 0 Å². The maximum Gasteiger partial charge on any atom is 0.227 e. The lowest BCUT2D eigenvalue weighted by molar-refractivity contribution is -0.120. The number of amides is 1. The van der Waals surface area contributed by atoms with Crippen molar-refractivity contribution in [2.24, 2.45) is 5.92 Å². The Labute approximate surface area is 148 Å². The average molecular weight is 336 g/mol. The molecule has 0 radical (unpaired) electrons. The highest BCUT2D eigenvalue weighted by atomic mass is 16.1. The van der Waals surface area contributed by atoms with Gasteiger partial charge in [-0.05, 0) is 56.2 Å². The molecule has 0 bridgehead atoms. The van der Waals surface area contributed by atoms with E-state index in [0.717, 1.165) is 55.2 Å². The van der Waals surface area contributed by atoms with Crippen molar-refractivity contribution in [1.29, 1.82) is 0 Å². The highest BCUT2D eigenvalue weighted by Gasteiger charge is 2.27. The van der Waals surface area contributed by atoms with Crippen LogP contribution in [0.15, 0.2) is 36.5 Å². The van der Waals surface area contributed by atoms with Gasteiger partial charge in [-0.2, -0.15) is 0 Å². The summed E-state index contributed by atoms with van der Waals surface area (Å²) < 4.78 is 0. The first-order valence-corrected chi connectivity index (χ1v) is 9.25. The van der Waals surface area contributed by atoms with Crippen molar-refractivity contribution in [2.45, 2.75) is 38.5 Å². The van der Waals surface area contributed by atoms with Crippen molar-refractivity contribution in [3.05, 3.63) is 47.8 Å². The van der Waals surface area contributed by atoms with E-state index in [1.54, 1.807) is 0 Å². The molecule has 1 amide bonds. The van der Waals surface area contributed by atoms with E-state index in [-0.39, 0.29) is 11.8 Å². The first-order chi connectivity index (χ1) is 12.3. The molecule has 1 aromatic carbocycles. The van der Waals surface area contributed by atoms with E-state index >= 15 is 0 Å². The Morgan fingerprint density at radius 3 is 2.72 bits per heavy atom. The Balaban J connectivity index is 1.43. The molecule has 0 unspecified atom stereocenters. The number of aryl methyl sites for hydroxylation is 1. The zero-order chi connectivity index (χ0) is 17.1. The van der Waals surface area contributed by atoms with Gasteiger partial charge in [0, 0.05) is 36.6 Å². The summed E-state index contributed by atoms with van der Waals surface area (Å²) in [6, 6.07) is 9.65. The molecule has 25 heavy (non-hydrogen) atoms. The van der Waals surface area contributed by atoms with E-state index in [9.17, 15) is 4.79 Å². The molecule has 1 atom stereocenters. The molecule has 2 aromatic rings. The number of carbonyl (C=O) groups excluding carboxylic acids is 1. The number of aromatic nitrogens is 2. The van der Waals surface area contributed by atoms with Crippen LogP contribution in [0.3, 0.4) is 0 Å². The number of para-hydroxylation sites is 1. The molecule has 0 spiro atoms. The minimum atomic E-state index is -0.00265. The van der Waals surface area contributed by atoms with Crippen molar-refractivity contribution in [3.8, 4) is 0 Å². The summed E-state index contributed by atoms with van der Waals surface area (Å²) in [4.78, 5) is 24.2. The van der Waals surface area contributed by atoms with Gasteiger partial charge in [0.05, 0.1) is 0 Å². The maximum absolute atomic E-state index is 12.5. The van der Waals surface area contributed by atoms with Gasteiger partial charge in [0.1, 0.15) is 0 Å². The van der Waals surface area contributed by atoms with E-state index in [1.165, 1.54) is 19.3 Å². The second-order valence-electron chi connectivity index (χ2n) is 6.98. The Hall–Kier alpha value is -2.43. The fourth-order valence-corrected chi connectivity index (χ4v) is 3.73. The van der Waals surface area contributed by atoms with Crippen LogP contribution in [-0.2, 0) is 17.6 Å². The number of piperidine rings is 1. The van der Waals surface area contributed by atoms with Crippen molar-refractivity contribution < 1.29 is 4.79 Å². The standard InChI is InChI=1S/C20H24N4O/c25-19(22-17-7-3-1-4-8-17)15-9-10-18-16(13-15)14-21-20(23-18)24-11-5-2-6-12-24/h1,3-4,7-8,14-15H,2,5-6,9-13H2,(H,22,25)/t15-/m1/s1. The van der Waals surface area contributed by atoms with Crippen molar-refractivity contribution in [3.63, 3.8) is 0 Å².